The molecule has 1 unspecified atom stereocenters. The van der Waals surface area contributed by atoms with Gasteiger partial charge in [0.05, 0.1) is 11.0 Å². The van der Waals surface area contributed by atoms with E-state index in [9.17, 15) is 14.9 Å². The highest BCUT2D eigenvalue weighted by molar-refractivity contribution is 5.84. The van der Waals surface area contributed by atoms with Crippen LogP contribution in [0.2, 0.25) is 0 Å². The zero-order chi connectivity index (χ0) is 19.0. The Morgan fingerprint density at radius 1 is 1.44 bits per heavy atom. The highest BCUT2D eigenvalue weighted by Crippen LogP contribution is 2.29. The predicted molar refractivity (Wildman–Crippen MR) is 99.5 cm³/mol. The van der Waals surface area contributed by atoms with Crippen LogP contribution in [0.1, 0.15) is 19.4 Å². The summed E-state index contributed by atoms with van der Waals surface area (Å²) >= 11 is 0. The maximum absolute atomic E-state index is 11.3. The van der Waals surface area contributed by atoms with Crippen molar-refractivity contribution >= 4 is 23.2 Å². The summed E-state index contributed by atoms with van der Waals surface area (Å²) < 4.78 is 5.17. The Morgan fingerprint density at radius 3 is 2.64 bits per heavy atom. The van der Waals surface area contributed by atoms with Crippen LogP contribution in [0.4, 0.5) is 11.4 Å². The second-order valence-electron chi connectivity index (χ2n) is 5.97. The van der Waals surface area contributed by atoms with Gasteiger partial charge >= 0.3 is 0 Å². The topological polar surface area (TPSA) is 84.7 Å². The first-order valence-corrected chi connectivity index (χ1v) is 7.85. The van der Waals surface area contributed by atoms with Gasteiger partial charge in [0, 0.05) is 40.0 Å². The van der Waals surface area contributed by atoms with Gasteiger partial charge in [0.25, 0.3) is 5.69 Å². The van der Waals surface area contributed by atoms with Crippen LogP contribution in [0, 0.1) is 10.1 Å². The molecule has 1 atom stereocenters. The molecule has 7 heteroatoms. The van der Waals surface area contributed by atoms with E-state index in [0.717, 1.165) is 17.4 Å². The third-order valence-corrected chi connectivity index (χ3v) is 3.48. The smallest absolute Gasteiger partial charge is 0.292 e. The molecule has 0 saturated carbocycles. The molecule has 0 aliphatic carbocycles. The number of nitrogens with zero attached hydrogens (tertiary/aromatic N) is 2. The minimum Gasteiger partial charge on any atom is -0.383 e. The maximum atomic E-state index is 11.3. The van der Waals surface area contributed by atoms with Crippen molar-refractivity contribution in [1.82, 2.24) is 4.90 Å². The fourth-order valence-electron chi connectivity index (χ4n) is 2.11. The van der Waals surface area contributed by atoms with Crippen molar-refractivity contribution in [2.45, 2.75) is 20.0 Å². The molecule has 1 N–H and O–H groups in total. The number of nitro benzene ring substituents is 1. The molecule has 1 rings (SSSR count). The number of nitro groups is 1. The zero-order valence-corrected chi connectivity index (χ0v) is 15.3. The summed E-state index contributed by atoms with van der Waals surface area (Å²) in [6.45, 7) is 4.02. The summed E-state index contributed by atoms with van der Waals surface area (Å²) in [7, 11) is 5.33. The van der Waals surface area contributed by atoms with Crippen LogP contribution in [0.3, 0.4) is 0 Å². The molecule has 0 aliphatic rings. The Morgan fingerprint density at radius 2 is 2.12 bits per heavy atom. The predicted octanol–water partition coefficient (Wildman–Crippen LogP) is 3.09. The number of nitrogens with one attached hydrogen (secondary N) is 1. The number of rotatable bonds is 9. The van der Waals surface area contributed by atoms with Gasteiger partial charge in [-0.2, -0.15) is 0 Å². The quantitative estimate of drug-likeness (QED) is 0.243. The van der Waals surface area contributed by atoms with Gasteiger partial charge < -0.3 is 15.0 Å². The molecule has 0 amide bonds. The molecular weight excluding hydrogens is 322 g/mol. The number of hydrogen-bond acceptors (Lipinski definition) is 6. The van der Waals surface area contributed by atoms with Crippen molar-refractivity contribution in [2.75, 3.05) is 33.1 Å². The second kappa shape index (κ2) is 9.58. The van der Waals surface area contributed by atoms with Crippen LogP contribution in [0.25, 0.3) is 5.57 Å². The van der Waals surface area contributed by atoms with E-state index >= 15 is 0 Å². The van der Waals surface area contributed by atoms with Crippen molar-refractivity contribution in [2.24, 2.45) is 0 Å². The van der Waals surface area contributed by atoms with Crippen LogP contribution < -0.4 is 5.32 Å². The molecule has 1 aromatic carbocycles. The summed E-state index contributed by atoms with van der Waals surface area (Å²) in [5.41, 5.74) is 2.52. The fraction of sp³-hybridized carbons (Fsp3) is 0.389. The number of benzene rings is 1. The monoisotopic (exact) mass is 347 g/mol. The van der Waals surface area contributed by atoms with Crippen LogP contribution in [-0.2, 0) is 9.53 Å². The molecule has 0 bridgehead atoms. The van der Waals surface area contributed by atoms with E-state index in [0.29, 0.717) is 17.8 Å². The largest absolute Gasteiger partial charge is 0.383 e. The van der Waals surface area contributed by atoms with Crippen LogP contribution in [-0.4, -0.2) is 50.0 Å². The first-order chi connectivity index (χ1) is 11.8. The molecule has 0 radical (unpaired) electrons. The Kier molecular flexibility index (Phi) is 7.81. The molecule has 1 aromatic rings. The highest BCUT2D eigenvalue weighted by atomic mass is 16.6. The summed E-state index contributed by atoms with van der Waals surface area (Å²) in [4.78, 5) is 23.7. The van der Waals surface area contributed by atoms with E-state index in [-0.39, 0.29) is 11.8 Å². The van der Waals surface area contributed by atoms with Gasteiger partial charge in [-0.1, -0.05) is 0 Å². The molecule has 0 fully saturated rings. The first-order valence-electron chi connectivity index (χ1n) is 7.85. The summed E-state index contributed by atoms with van der Waals surface area (Å²) in [5, 5.41) is 14.3. The lowest BCUT2D eigenvalue weighted by Gasteiger charge is -2.14. The van der Waals surface area contributed by atoms with Crippen molar-refractivity contribution < 1.29 is 14.5 Å². The molecule has 136 valence electrons. The van der Waals surface area contributed by atoms with Gasteiger partial charge in [0.1, 0.15) is 12.0 Å². The van der Waals surface area contributed by atoms with Crippen LogP contribution in [0.5, 0.6) is 0 Å². The van der Waals surface area contributed by atoms with E-state index in [2.05, 4.69) is 5.32 Å². The van der Waals surface area contributed by atoms with Crippen molar-refractivity contribution in [3.8, 4) is 0 Å². The normalized spacial score (nSPS) is 13.3. The lowest BCUT2D eigenvalue weighted by Crippen LogP contribution is -2.18. The number of ether oxygens (including phenoxy) is 1. The van der Waals surface area contributed by atoms with Gasteiger partial charge in [0.15, 0.2) is 0 Å². The maximum Gasteiger partial charge on any atom is 0.292 e. The number of aldehydes is 1. The number of methoxy groups -OCH3 is 1. The van der Waals surface area contributed by atoms with E-state index in [1.165, 1.54) is 6.07 Å². The minimum absolute atomic E-state index is 0.00709. The number of carbonyl (C=O) groups excluding carboxylic acids is 1. The third kappa shape index (κ3) is 6.39. The number of hydrogen-bond donors (Lipinski definition) is 1. The third-order valence-electron chi connectivity index (χ3n) is 3.48. The molecular formula is C18H25N3O4. The van der Waals surface area contributed by atoms with E-state index in [4.69, 9.17) is 4.74 Å². The van der Waals surface area contributed by atoms with Crippen molar-refractivity contribution in [1.29, 1.82) is 0 Å². The number of anilines is 1. The van der Waals surface area contributed by atoms with Gasteiger partial charge in [-0.3, -0.25) is 14.9 Å². The van der Waals surface area contributed by atoms with Crippen LogP contribution >= 0.6 is 0 Å². The van der Waals surface area contributed by atoms with E-state index in [1.54, 1.807) is 32.2 Å². The molecule has 0 spiro atoms. The number of allylic oxidation sites excluding steroid dienone is 3. The Bertz CT molecular complexity index is 681. The summed E-state index contributed by atoms with van der Waals surface area (Å²) in [6, 6.07) is 4.85. The molecule has 0 saturated heterocycles. The minimum atomic E-state index is -0.425. The zero-order valence-electron chi connectivity index (χ0n) is 15.3. The summed E-state index contributed by atoms with van der Waals surface area (Å²) in [5.74, 6) is 0. The SMILES string of the molecule is COC(C)CNc1cc(C(/C=C(/C)C=O)=C/N(C)C)ccc1[N+](=O)[O-]. The molecule has 0 aromatic heterocycles. The highest BCUT2D eigenvalue weighted by Gasteiger charge is 2.16. The van der Waals surface area contributed by atoms with Gasteiger partial charge in [-0.05, 0) is 48.8 Å². The fourth-order valence-corrected chi connectivity index (χ4v) is 2.11. The average Bonchev–Trinajstić information content (AvgIpc) is 2.57. The van der Waals surface area contributed by atoms with Crippen molar-refractivity contribution in [3.05, 3.63) is 51.7 Å². The van der Waals surface area contributed by atoms with Crippen LogP contribution in [0.15, 0.2) is 36.0 Å². The van der Waals surface area contributed by atoms with Gasteiger partial charge in [-0.25, -0.2) is 0 Å². The lowest BCUT2D eigenvalue weighted by molar-refractivity contribution is -0.384. The Balaban J connectivity index is 3.33. The first kappa shape index (κ1) is 20.4. The van der Waals surface area contributed by atoms with Gasteiger partial charge in [0.2, 0.25) is 0 Å². The van der Waals surface area contributed by atoms with E-state index in [1.807, 2.05) is 32.1 Å². The number of carbonyl (C=O) groups is 1. The van der Waals surface area contributed by atoms with Crippen molar-refractivity contribution in [3.63, 3.8) is 0 Å². The summed E-state index contributed by atoms with van der Waals surface area (Å²) in [6.07, 6.45) is 4.29. The standard InChI is InChI=1S/C18H25N3O4/c1-13(12-22)8-16(11-20(3)4)15-6-7-18(21(23)24)17(9-15)19-10-14(2)25-5/h6-9,11-12,14,19H,10H2,1-5H3/b13-8-,16-11+. The Labute approximate surface area is 148 Å². The molecule has 7 nitrogen and oxygen atoms in total. The lowest BCUT2D eigenvalue weighted by atomic mass is 10.0. The molecule has 25 heavy (non-hydrogen) atoms. The molecule has 0 aliphatic heterocycles. The Hall–Kier alpha value is -2.67. The molecule has 0 heterocycles. The average molecular weight is 347 g/mol. The van der Waals surface area contributed by atoms with E-state index < -0.39 is 4.92 Å². The second-order valence-corrected chi connectivity index (χ2v) is 5.97. The van der Waals surface area contributed by atoms with Gasteiger partial charge in [-0.15, -0.1) is 0 Å².